The van der Waals surface area contributed by atoms with Gasteiger partial charge in [0.1, 0.15) is 5.82 Å². The zero-order valence-corrected chi connectivity index (χ0v) is 20.5. The topological polar surface area (TPSA) is 75.8 Å². The average Bonchev–Trinajstić information content (AvgIpc) is 3.20. The molecule has 3 aromatic rings. The second kappa shape index (κ2) is 11.4. The molecule has 2 atom stereocenters. The lowest BCUT2D eigenvalue weighted by molar-refractivity contribution is -0.0265. The fourth-order valence-electron chi connectivity index (χ4n) is 3.98. The maximum Gasteiger partial charge on any atom is 0.191 e. The van der Waals surface area contributed by atoms with Gasteiger partial charge in [0.2, 0.25) is 0 Å². The van der Waals surface area contributed by atoms with Gasteiger partial charge in [-0.15, -0.1) is 34.2 Å². The molecule has 0 bridgehead atoms. The largest absolute Gasteiger partial charge is 0.373 e. The van der Waals surface area contributed by atoms with Gasteiger partial charge in [-0.1, -0.05) is 35.9 Å². The lowest BCUT2D eigenvalue weighted by Gasteiger charge is -2.32. The normalized spacial score (nSPS) is 19.1. The van der Waals surface area contributed by atoms with Crippen molar-refractivity contribution in [2.75, 3.05) is 26.7 Å². The summed E-state index contributed by atoms with van der Waals surface area (Å²) < 4.78 is 8.15. The van der Waals surface area contributed by atoms with Gasteiger partial charge in [0.15, 0.2) is 11.6 Å². The lowest BCUT2D eigenvalue weighted by atomic mass is 9.89. The molecule has 0 spiro atoms. The molecule has 0 radical (unpaired) electrons. The molecule has 1 fully saturated rings. The summed E-state index contributed by atoms with van der Waals surface area (Å²) in [5.74, 6) is 2.16. The molecule has 7 nitrogen and oxygen atoms in total. The van der Waals surface area contributed by atoms with Crippen molar-refractivity contribution in [1.29, 1.82) is 0 Å². The summed E-state index contributed by atoms with van der Waals surface area (Å²) in [6.07, 6.45) is 5.14. The van der Waals surface area contributed by atoms with E-state index in [1.54, 1.807) is 7.05 Å². The van der Waals surface area contributed by atoms with Gasteiger partial charge in [-0.25, -0.2) is 0 Å². The number of nitrogens with one attached hydrogen (secondary N) is 2. The number of aliphatic imine (C=N–C) groups is 1. The third-order valence-corrected chi connectivity index (χ3v) is 5.63. The first kappa shape index (κ1) is 23.5. The monoisotopic (exact) mass is 534 g/mol. The summed E-state index contributed by atoms with van der Waals surface area (Å²) in [6, 6.07) is 14.6. The molecule has 166 valence electrons. The van der Waals surface area contributed by atoms with Gasteiger partial charge in [0.25, 0.3) is 0 Å². The minimum absolute atomic E-state index is 0. The van der Waals surface area contributed by atoms with Gasteiger partial charge in [0.05, 0.1) is 6.10 Å². The van der Waals surface area contributed by atoms with E-state index in [2.05, 4.69) is 57.0 Å². The van der Waals surface area contributed by atoms with Crippen molar-refractivity contribution in [1.82, 2.24) is 25.2 Å². The standard InChI is InChI=1S/C23H30N6O.HI/c1-17-8-10-18(11-9-17)22-19(6-5-15-30-22)16-26-23(24-2)25-13-12-21-28-27-20-7-3-4-14-29(20)21;/h3-4,7-11,14,19,22H,5-6,12-13,15-16H2,1-2H3,(H2,24,25,26);1H. The van der Waals surface area contributed by atoms with Crippen LogP contribution in [-0.2, 0) is 11.2 Å². The quantitative estimate of drug-likeness (QED) is 0.288. The minimum atomic E-state index is 0. The van der Waals surface area contributed by atoms with Crippen LogP contribution in [0.2, 0.25) is 0 Å². The summed E-state index contributed by atoms with van der Waals surface area (Å²) in [4.78, 5) is 4.37. The second-order valence-electron chi connectivity index (χ2n) is 7.78. The molecule has 8 heteroatoms. The second-order valence-corrected chi connectivity index (χ2v) is 7.78. The molecule has 0 amide bonds. The van der Waals surface area contributed by atoms with E-state index in [1.807, 2.05) is 28.8 Å². The molecule has 1 aliphatic rings. The van der Waals surface area contributed by atoms with Gasteiger partial charge in [-0.05, 0) is 37.5 Å². The van der Waals surface area contributed by atoms with E-state index in [0.29, 0.717) is 5.92 Å². The number of rotatable bonds is 6. The van der Waals surface area contributed by atoms with Gasteiger partial charge in [-0.2, -0.15) is 0 Å². The average molecular weight is 534 g/mol. The highest BCUT2D eigenvalue weighted by molar-refractivity contribution is 14.0. The van der Waals surface area contributed by atoms with Gasteiger partial charge < -0.3 is 15.4 Å². The first-order valence-electron chi connectivity index (χ1n) is 10.7. The van der Waals surface area contributed by atoms with E-state index in [1.165, 1.54) is 11.1 Å². The van der Waals surface area contributed by atoms with Crippen LogP contribution in [0.1, 0.15) is 35.9 Å². The van der Waals surface area contributed by atoms with E-state index >= 15 is 0 Å². The zero-order valence-electron chi connectivity index (χ0n) is 18.1. The minimum Gasteiger partial charge on any atom is -0.373 e. The highest BCUT2D eigenvalue weighted by Gasteiger charge is 2.27. The highest BCUT2D eigenvalue weighted by atomic mass is 127. The van der Waals surface area contributed by atoms with E-state index in [9.17, 15) is 0 Å². The Kier molecular flexibility index (Phi) is 8.65. The Balaban J connectivity index is 0.00000272. The van der Waals surface area contributed by atoms with Crippen molar-refractivity contribution in [3.05, 3.63) is 65.6 Å². The number of aryl methyl sites for hydroxylation is 1. The first-order chi connectivity index (χ1) is 14.7. The van der Waals surface area contributed by atoms with Crippen LogP contribution < -0.4 is 10.6 Å². The lowest BCUT2D eigenvalue weighted by Crippen LogP contribution is -2.42. The van der Waals surface area contributed by atoms with E-state index in [0.717, 1.165) is 56.4 Å². The van der Waals surface area contributed by atoms with Gasteiger partial charge >= 0.3 is 0 Å². The SMILES string of the molecule is CN=C(NCCc1nnc2ccccn12)NCC1CCCOC1c1ccc(C)cc1.I. The van der Waals surface area contributed by atoms with Crippen molar-refractivity contribution >= 4 is 35.6 Å². The summed E-state index contributed by atoms with van der Waals surface area (Å²) in [5.41, 5.74) is 3.40. The summed E-state index contributed by atoms with van der Waals surface area (Å²) in [5, 5.41) is 15.4. The van der Waals surface area contributed by atoms with Crippen LogP contribution in [-0.4, -0.2) is 47.3 Å². The Morgan fingerprint density at radius 2 is 2.00 bits per heavy atom. The Morgan fingerprint density at radius 1 is 1.16 bits per heavy atom. The van der Waals surface area contributed by atoms with Crippen LogP contribution in [0.5, 0.6) is 0 Å². The number of guanidine groups is 1. The van der Waals surface area contributed by atoms with Crippen molar-refractivity contribution in [3.63, 3.8) is 0 Å². The molecule has 2 aromatic heterocycles. The summed E-state index contributed by atoms with van der Waals surface area (Å²) >= 11 is 0. The predicted octanol–water partition coefficient (Wildman–Crippen LogP) is 3.53. The molecule has 31 heavy (non-hydrogen) atoms. The number of nitrogens with zero attached hydrogens (tertiary/aromatic N) is 4. The van der Waals surface area contributed by atoms with E-state index in [4.69, 9.17) is 4.74 Å². The number of benzene rings is 1. The third kappa shape index (κ3) is 5.94. The van der Waals surface area contributed by atoms with Crippen LogP contribution in [0, 0.1) is 12.8 Å². The molecule has 2 N–H and O–H groups in total. The summed E-state index contributed by atoms with van der Waals surface area (Å²) in [7, 11) is 1.80. The maximum atomic E-state index is 6.14. The van der Waals surface area contributed by atoms with Gasteiger partial charge in [0, 0.05) is 45.3 Å². The van der Waals surface area contributed by atoms with Gasteiger partial charge in [-0.3, -0.25) is 9.39 Å². The van der Waals surface area contributed by atoms with Crippen LogP contribution >= 0.6 is 24.0 Å². The van der Waals surface area contributed by atoms with Crippen LogP contribution in [0.15, 0.2) is 53.7 Å². The number of hydrogen-bond donors (Lipinski definition) is 2. The van der Waals surface area contributed by atoms with Crippen LogP contribution in [0.4, 0.5) is 0 Å². The number of hydrogen-bond acceptors (Lipinski definition) is 4. The Hall–Kier alpha value is -2.20. The zero-order chi connectivity index (χ0) is 20.8. The molecule has 3 heterocycles. The molecule has 1 aliphatic heterocycles. The fourth-order valence-corrected chi connectivity index (χ4v) is 3.98. The predicted molar refractivity (Wildman–Crippen MR) is 134 cm³/mol. The summed E-state index contributed by atoms with van der Waals surface area (Å²) in [6.45, 7) is 4.50. The number of pyridine rings is 1. The number of ether oxygens (including phenoxy) is 1. The molecule has 0 aliphatic carbocycles. The van der Waals surface area contributed by atoms with E-state index in [-0.39, 0.29) is 30.1 Å². The van der Waals surface area contributed by atoms with E-state index < -0.39 is 0 Å². The smallest absolute Gasteiger partial charge is 0.191 e. The Morgan fingerprint density at radius 3 is 2.81 bits per heavy atom. The third-order valence-electron chi connectivity index (χ3n) is 5.63. The Bertz CT molecular complexity index is 987. The van der Waals surface area contributed by atoms with Crippen LogP contribution in [0.3, 0.4) is 0 Å². The molecule has 1 aromatic carbocycles. The van der Waals surface area contributed by atoms with Crippen molar-refractivity contribution < 1.29 is 4.74 Å². The van der Waals surface area contributed by atoms with Crippen molar-refractivity contribution in [2.45, 2.75) is 32.3 Å². The van der Waals surface area contributed by atoms with Crippen molar-refractivity contribution in [3.8, 4) is 0 Å². The molecule has 0 saturated carbocycles. The fraction of sp³-hybridized carbons (Fsp3) is 0.435. The molecular weight excluding hydrogens is 503 g/mol. The molecular formula is C23H31IN6O. The molecule has 1 saturated heterocycles. The first-order valence-corrected chi connectivity index (χ1v) is 10.7. The molecule has 4 rings (SSSR count). The maximum absolute atomic E-state index is 6.14. The van der Waals surface area contributed by atoms with Crippen LogP contribution in [0.25, 0.3) is 5.65 Å². The highest BCUT2D eigenvalue weighted by Crippen LogP contribution is 2.33. The number of fused-ring (bicyclic) bond motifs is 1. The molecule has 2 unspecified atom stereocenters. The number of aromatic nitrogens is 3. The van der Waals surface area contributed by atoms with Crippen molar-refractivity contribution in [2.24, 2.45) is 10.9 Å². The number of halogens is 1. The Labute approximate surface area is 200 Å².